The Hall–Kier alpha value is -0.860. The van der Waals surface area contributed by atoms with Crippen molar-refractivity contribution in [2.45, 2.75) is 45.6 Å². The lowest BCUT2D eigenvalue weighted by atomic mass is 9.93. The Morgan fingerprint density at radius 3 is 2.31 bits per heavy atom. The molecule has 1 amide bonds. The van der Waals surface area contributed by atoms with Crippen molar-refractivity contribution in [3.05, 3.63) is 0 Å². The number of likely N-dealkylation sites (tertiary alicyclic amines) is 1. The zero-order valence-corrected chi connectivity index (χ0v) is 10.0. The number of piperidine rings is 1. The van der Waals surface area contributed by atoms with Crippen LogP contribution in [0.3, 0.4) is 0 Å². The van der Waals surface area contributed by atoms with Crippen molar-refractivity contribution in [3.63, 3.8) is 0 Å². The largest absolute Gasteiger partial charge is 0.332 e. The minimum absolute atomic E-state index is 0.0700. The zero-order valence-electron chi connectivity index (χ0n) is 10.0. The van der Waals surface area contributed by atoms with E-state index in [-0.39, 0.29) is 17.7 Å². The Kier molecular flexibility index (Phi) is 1.99. The zero-order chi connectivity index (χ0) is 11.5. The van der Waals surface area contributed by atoms with Crippen LogP contribution in [-0.4, -0.2) is 29.2 Å². The molecule has 1 aliphatic heterocycles. The number of Topliss-reactive ketones (excluding diaryl/α,β-unsaturated/α-hetero) is 1. The van der Waals surface area contributed by atoms with Gasteiger partial charge in [-0.15, -0.1) is 0 Å². The molecule has 3 rings (SSSR count). The molecule has 3 aliphatic rings. The van der Waals surface area contributed by atoms with Crippen LogP contribution < -0.4 is 0 Å². The Morgan fingerprint density at radius 1 is 1.19 bits per heavy atom. The number of ketones is 1. The Morgan fingerprint density at radius 2 is 1.81 bits per heavy atom. The molecule has 0 radical (unpaired) electrons. The third-order valence-corrected chi connectivity index (χ3v) is 5.15. The monoisotopic (exact) mass is 221 g/mol. The summed E-state index contributed by atoms with van der Waals surface area (Å²) in [5.41, 5.74) is 0.461. The molecule has 0 aromatic carbocycles. The van der Waals surface area contributed by atoms with Gasteiger partial charge in [-0.05, 0) is 37.0 Å². The first-order valence-electron chi connectivity index (χ1n) is 6.35. The van der Waals surface area contributed by atoms with E-state index in [4.69, 9.17) is 0 Å². The highest BCUT2D eigenvalue weighted by Crippen LogP contribution is 2.72. The molecule has 1 saturated heterocycles. The molecular formula is C13H19NO2. The summed E-state index contributed by atoms with van der Waals surface area (Å²) in [6, 6.07) is -0.0967. The van der Waals surface area contributed by atoms with E-state index >= 15 is 0 Å². The minimum atomic E-state index is -0.0967. The quantitative estimate of drug-likeness (QED) is 0.674. The standard InChI is InChI=1S/C13H19NO2/c1-8(15)12-11-10(7-14(12)9(2)16)13(11)5-3-4-6-13/h10-12H,3-7H2,1-2H3. The van der Waals surface area contributed by atoms with Gasteiger partial charge in [0.05, 0.1) is 6.04 Å². The average molecular weight is 221 g/mol. The third kappa shape index (κ3) is 1.09. The SMILES string of the molecule is CC(=O)C1C2C(CN1C(C)=O)C21CCCC1. The summed E-state index contributed by atoms with van der Waals surface area (Å²) in [7, 11) is 0. The van der Waals surface area contributed by atoms with Gasteiger partial charge >= 0.3 is 0 Å². The molecule has 0 N–H and O–H groups in total. The number of rotatable bonds is 1. The molecule has 2 saturated carbocycles. The van der Waals surface area contributed by atoms with Crippen LogP contribution in [0.15, 0.2) is 0 Å². The van der Waals surface area contributed by atoms with Gasteiger partial charge in [-0.2, -0.15) is 0 Å². The van der Waals surface area contributed by atoms with E-state index in [1.165, 1.54) is 25.7 Å². The van der Waals surface area contributed by atoms with Crippen molar-refractivity contribution in [1.29, 1.82) is 0 Å². The fourth-order valence-corrected chi connectivity index (χ4v) is 4.50. The summed E-state index contributed by atoms with van der Waals surface area (Å²) in [4.78, 5) is 25.1. The molecule has 0 aromatic rings. The first-order valence-corrected chi connectivity index (χ1v) is 6.35. The van der Waals surface area contributed by atoms with Crippen LogP contribution in [0.25, 0.3) is 0 Å². The highest BCUT2D eigenvalue weighted by molar-refractivity contribution is 5.88. The fourth-order valence-electron chi connectivity index (χ4n) is 4.50. The topological polar surface area (TPSA) is 37.4 Å². The summed E-state index contributed by atoms with van der Waals surface area (Å²) in [6.45, 7) is 4.07. The van der Waals surface area contributed by atoms with Crippen molar-refractivity contribution < 1.29 is 9.59 Å². The predicted molar refractivity (Wildman–Crippen MR) is 59.7 cm³/mol. The third-order valence-electron chi connectivity index (χ3n) is 5.15. The number of hydrogen-bond acceptors (Lipinski definition) is 2. The van der Waals surface area contributed by atoms with Crippen molar-refractivity contribution in [3.8, 4) is 0 Å². The van der Waals surface area contributed by atoms with E-state index < -0.39 is 0 Å². The number of fused-ring (bicyclic) bond motifs is 3. The summed E-state index contributed by atoms with van der Waals surface area (Å²) in [6.07, 6.45) is 5.21. The maximum atomic E-state index is 11.7. The lowest BCUT2D eigenvalue weighted by molar-refractivity contribution is -0.137. The molecule has 3 fully saturated rings. The fraction of sp³-hybridized carbons (Fsp3) is 0.846. The van der Waals surface area contributed by atoms with Crippen molar-refractivity contribution in [2.75, 3.05) is 6.54 Å². The lowest BCUT2D eigenvalue weighted by Crippen LogP contribution is -2.43. The summed E-state index contributed by atoms with van der Waals surface area (Å²) in [5, 5.41) is 0. The number of carbonyl (C=O) groups excluding carboxylic acids is 2. The van der Waals surface area contributed by atoms with Gasteiger partial charge in [-0.1, -0.05) is 12.8 Å². The molecular weight excluding hydrogens is 202 g/mol. The van der Waals surface area contributed by atoms with E-state index in [1.807, 2.05) is 0 Å². The van der Waals surface area contributed by atoms with E-state index in [0.717, 1.165) is 6.54 Å². The second-order valence-corrected chi connectivity index (χ2v) is 5.80. The molecule has 1 heterocycles. The highest BCUT2D eigenvalue weighted by Gasteiger charge is 2.72. The molecule has 3 unspecified atom stereocenters. The van der Waals surface area contributed by atoms with Crippen LogP contribution in [0.5, 0.6) is 0 Å². The number of hydrogen-bond donors (Lipinski definition) is 0. The molecule has 0 aromatic heterocycles. The molecule has 16 heavy (non-hydrogen) atoms. The number of amides is 1. The van der Waals surface area contributed by atoms with Crippen molar-refractivity contribution in [1.82, 2.24) is 4.90 Å². The van der Waals surface area contributed by atoms with Gasteiger partial charge in [0.1, 0.15) is 0 Å². The van der Waals surface area contributed by atoms with E-state index in [0.29, 0.717) is 17.3 Å². The van der Waals surface area contributed by atoms with Gasteiger partial charge in [-0.3, -0.25) is 9.59 Å². The van der Waals surface area contributed by atoms with Crippen molar-refractivity contribution >= 4 is 11.7 Å². The van der Waals surface area contributed by atoms with Gasteiger partial charge in [0, 0.05) is 13.5 Å². The van der Waals surface area contributed by atoms with Gasteiger partial charge in [0.25, 0.3) is 0 Å². The summed E-state index contributed by atoms with van der Waals surface area (Å²) < 4.78 is 0. The maximum absolute atomic E-state index is 11.7. The maximum Gasteiger partial charge on any atom is 0.220 e. The molecule has 3 nitrogen and oxygen atoms in total. The highest BCUT2D eigenvalue weighted by atomic mass is 16.2. The van der Waals surface area contributed by atoms with Gasteiger partial charge in [0.15, 0.2) is 5.78 Å². The van der Waals surface area contributed by atoms with E-state index in [9.17, 15) is 9.59 Å². The predicted octanol–water partition coefficient (Wildman–Crippen LogP) is 1.61. The van der Waals surface area contributed by atoms with E-state index in [1.54, 1.807) is 18.7 Å². The summed E-state index contributed by atoms with van der Waals surface area (Å²) in [5.74, 6) is 1.39. The van der Waals surface area contributed by atoms with Crippen LogP contribution in [0, 0.1) is 17.3 Å². The molecule has 88 valence electrons. The first kappa shape index (κ1) is 10.3. The second kappa shape index (κ2) is 3.08. The Bertz CT molecular complexity index is 357. The molecule has 3 atom stereocenters. The average Bonchev–Trinajstić information content (AvgIpc) is 2.60. The molecule has 0 bridgehead atoms. The number of nitrogens with zero attached hydrogens (tertiary/aromatic N) is 1. The van der Waals surface area contributed by atoms with Crippen molar-refractivity contribution in [2.24, 2.45) is 17.3 Å². The second-order valence-electron chi connectivity index (χ2n) is 5.80. The normalized spacial score (nSPS) is 38.9. The van der Waals surface area contributed by atoms with Crippen LogP contribution in [-0.2, 0) is 9.59 Å². The smallest absolute Gasteiger partial charge is 0.220 e. The Balaban J connectivity index is 1.86. The van der Waals surface area contributed by atoms with Crippen LogP contribution in [0.4, 0.5) is 0 Å². The first-order chi connectivity index (χ1) is 7.58. The van der Waals surface area contributed by atoms with Gasteiger partial charge in [0.2, 0.25) is 5.91 Å². The number of carbonyl (C=O) groups is 2. The molecule has 2 aliphatic carbocycles. The van der Waals surface area contributed by atoms with Gasteiger partial charge < -0.3 is 4.90 Å². The van der Waals surface area contributed by atoms with E-state index in [2.05, 4.69) is 0 Å². The molecule has 1 spiro atoms. The van der Waals surface area contributed by atoms with Gasteiger partial charge in [-0.25, -0.2) is 0 Å². The van der Waals surface area contributed by atoms with Crippen LogP contribution in [0.2, 0.25) is 0 Å². The van der Waals surface area contributed by atoms with Crippen LogP contribution in [0.1, 0.15) is 39.5 Å². The molecule has 3 heteroatoms. The Labute approximate surface area is 96.2 Å². The minimum Gasteiger partial charge on any atom is -0.332 e. The van der Waals surface area contributed by atoms with Crippen LogP contribution >= 0.6 is 0 Å². The summed E-state index contributed by atoms with van der Waals surface area (Å²) >= 11 is 0. The lowest BCUT2D eigenvalue weighted by Gasteiger charge is -2.29.